The Morgan fingerprint density at radius 1 is 1.58 bits per heavy atom. The molecule has 2 N–H and O–H groups in total. The van der Waals surface area contributed by atoms with Crippen molar-refractivity contribution in [2.24, 2.45) is 0 Å². The van der Waals surface area contributed by atoms with Gasteiger partial charge in [-0.3, -0.25) is 0 Å². The summed E-state index contributed by atoms with van der Waals surface area (Å²) >= 11 is 0. The third-order valence-corrected chi connectivity index (χ3v) is 2.93. The lowest BCUT2D eigenvalue weighted by molar-refractivity contribution is -0.0412. The minimum Gasteiger partial charge on any atom is -0.462 e. The van der Waals surface area contributed by atoms with E-state index in [1.807, 2.05) is 13.8 Å². The summed E-state index contributed by atoms with van der Waals surface area (Å²) in [5, 5.41) is 0. The summed E-state index contributed by atoms with van der Waals surface area (Å²) in [6.45, 7) is 6.53. The number of ether oxygens (including phenoxy) is 2. The highest BCUT2D eigenvalue weighted by atomic mass is 35.5. The van der Waals surface area contributed by atoms with E-state index < -0.39 is 5.97 Å². The molecule has 1 aliphatic heterocycles. The van der Waals surface area contributed by atoms with Gasteiger partial charge in [0.05, 0.1) is 24.5 Å². The van der Waals surface area contributed by atoms with Gasteiger partial charge in [-0.15, -0.1) is 12.4 Å². The van der Waals surface area contributed by atoms with E-state index in [1.165, 1.54) is 0 Å². The molecule has 0 aromatic carbocycles. The topological polar surface area (TPSA) is 74.4 Å². The molecule has 0 bridgehead atoms. The Hall–Kier alpha value is -1.33. The number of aromatic nitrogens is 1. The van der Waals surface area contributed by atoms with Gasteiger partial charge in [-0.05, 0) is 26.8 Å². The summed E-state index contributed by atoms with van der Waals surface area (Å²) < 4.78 is 10.6. The lowest BCUT2D eigenvalue weighted by Gasteiger charge is -2.31. The number of carbonyl (C=O) groups is 1. The van der Waals surface area contributed by atoms with E-state index >= 15 is 0 Å². The third-order valence-electron chi connectivity index (χ3n) is 2.93. The number of nitrogens with zero attached hydrogens (tertiary/aromatic N) is 1. The molecule has 0 aliphatic carbocycles. The number of rotatable bonds is 2. The molecule has 1 aliphatic rings. The Balaban J connectivity index is 0.00000180. The molecule has 1 aromatic rings. The molecule has 0 spiro atoms. The van der Waals surface area contributed by atoms with Crippen molar-refractivity contribution in [3.05, 3.63) is 22.9 Å². The van der Waals surface area contributed by atoms with Gasteiger partial charge in [0, 0.05) is 12.0 Å². The molecular formula is C13H19ClN2O3. The summed E-state index contributed by atoms with van der Waals surface area (Å²) in [6.07, 6.45) is 0.690. The second kappa shape index (κ2) is 5.75. The Labute approximate surface area is 118 Å². The fourth-order valence-electron chi connectivity index (χ4n) is 1.99. The largest absolute Gasteiger partial charge is 0.462 e. The molecule has 2 rings (SSSR count). The number of fused-ring (bicyclic) bond motifs is 1. The minimum absolute atomic E-state index is 0. The SMILES string of the molecule is CCOC(=O)c1cc2c(nc1N)CC(C)(C)OC2.Cl. The van der Waals surface area contributed by atoms with Crippen LogP contribution in [0.1, 0.15) is 42.4 Å². The van der Waals surface area contributed by atoms with Gasteiger partial charge in [0.1, 0.15) is 11.4 Å². The molecule has 1 aromatic heterocycles. The van der Waals surface area contributed by atoms with E-state index in [2.05, 4.69) is 4.98 Å². The minimum atomic E-state index is -0.435. The standard InChI is InChI=1S/C13H18N2O3.ClH/c1-4-17-12(16)9-5-8-7-18-13(2,3)6-10(8)15-11(9)14;/h5H,4,6-7H2,1-3H3,(H2,14,15);1H. The van der Waals surface area contributed by atoms with Gasteiger partial charge in [0.15, 0.2) is 0 Å². The van der Waals surface area contributed by atoms with Gasteiger partial charge in [0.2, 0.25) is 0 Å². The van der Waals surface area contributed by atoms with E-state index in [4.69, 9.17) is 15.2 Å². The summed E-state index contributed by atoms with van der Waals surface area (Å²) in [5.74, 6) is -0.208. The quantitative estimate of drug-likeness (QED) is 0.843. The van der Waals surface area contributed by atoms with Gasteiger partial charge in [-0.2, -0.15) is 0 Å². The molecule has 0 fully saturated rings. The van der Waals surface area contributed by atoms with Crippen LogP contribution < -0.4 is 5.73 Å². The predicted octanol–water partition coefficient (Wildman–Crippen LogP) is 2.11. The normalized spacial score (nSPS) is 16.2. The van der Waals surface area contributed by atoms with Crippen molar-refractivity contribution in [1.29, 1.82) is 0 Å². The molecule has 0 unspecified atom stereocenters. The molecule has 0 amide bonds. The lowest BCUT2D eigenvalue weighted by atomic mass is 9.95. The van der Waals surface area contributed by atoms with Crippen LogP contribution in [0.2, 0.25) is 0 Å². The maximum absolute atomic E-state index is 11.7. The first-order chi connectivity index (χ1) is 8.43. The van der Waals surface area contributed by atoms with Crippen LogP contribution >= 0.6 is 12.4 Å². The maximum atomic E-state index is 11.7. The number of pyridine rings is 1. The molecule has 106 valence electrons. The van der Waals surface area contributed by atoms with Crippen LogP contribution in [0.15, 0.2) is 6.07 Å². The zero-order valence-corrected chi connectivity index (χ0v) is 12.2. The second-order valence-electron chi connectivity index (χ2n) is 4.97. The zero-order chi connectivity index (χ0) is 13.3. The fraction of sp³-hybridized carbons (Fsp3) is 0.538. The first kappa shape index (κ1) is 15.7. The van der Waals surface area contributed by atoms with Crippen molar-refractivity contribution in [2.45, 2.75) is 39.4 Å². The number of hydrogen-bond donors (Lipinski definition) is 1. The molecule has 0 radical (unpaired) electrons. The molecule has 5 nitrogen and oxygen atoms in total. The van der Waals surface area contributed by atoms with Crippen LogP contribution in [-0.2, 0) is 22.5 Å². The summed E-state index contributed by atoms with van der Waals surface area (Å²) in [5.41, 5.74) is 7.70. The highest BCUT2D eigenvalue weighted by Crippen LogP contribution is 2.28. The van der Waals surface area contributed by atoms with Gasteiger partial charge < -0.3 is 15.2 Å². The number of halogens is 1. The van der Waals surface area contributed by atoms with E-state index in [9.17, 15) is 4.79 Å². The molecule has 0 saturated carbocycles. The van der Waals surface area contributed by atoms with E-state index in [-0.39, 0.29) is 23.8 Å². The fourth-order valence-corrected chi connectivity index (χ4v) is 1.99. The molecule has 2 heterocycles. The van der Waals surface area contributed by atoms with Crippen LogP contribution in [0.25, 0.3) is 0 Å². The summed E-state index contributed by atoms with van der Waals surface area (Å²) in [6, 6.07) is 1.73. The van der Waals surface area contributed by atoms with Gasteiger partial charge in [0.25, 0.3) is 0 Å². The molecule has 19 heavy (non-hydrogen) atoms. The first-order valence-electron chi connectivity index (χ1n) is 6.02. The van der Waals surface area contributed by atoms with E-state index in [0.717, 1.165) is 11.3 Å². The molecule has 0 saturated heterocycles. The molecular weight excluding hydrogens is 268 g/mol. The van der Waals surface area contributed by atoms with Crippen LogP contribution in [-0.4, -0.2) is 23.2 Å². The van der Waals surface area contributed by atoms with Crippen LogP contribution in [0.3, 0.4) is 0 Å². The van der Waals surface area contributed by atoms with Gasteiger partial charge in [-0.1, -0.05) is 0 Å². The zero-order valence-electron chi connectivity index (χ0n) is 11.4. The average molecular weight is 287 g/mol. The van der Waals surface area contributed by atoms with Crippen LogP contribution in [0, 0.1) is 0 Å². The Morgan fingerprint density at radius 2 is 2.26 bits per heavy atom. The number of carbonyl (C=O) groups excluding carboxylic acids is 1. The number of esters is 1. The van der Waals surface area contributed by atoms with Crippen molar-refractivity contribution in [2.75, 3.05) is 12.3 Å². The third kappa shape index (κ3) is 3.36. The van der Waals surface area contributed by atoms with Crippen molar-refractivity contribution >= 4 is 24.2 Å². The summed E-state index contributed by atoms with van der Waals surface area (Å²) in [7, 11) is 0. The molecule has 6 heteroatoms. The average Bonchev–Trinajstić information content (AvgIpc) is 2.27. The number of nitrogen functional groups attached to an aromatic ring is 1. The monoisotopic (exact) mass is 286 g/mol. The highest BCUT2D eigenvalue weighted by Gasteiger charge is 2.28. The van der Waals surface area contributed by atoms with E-state index in [1.54, 1.807) is 13.0 Å². The smallest absolute Gasteiger partial charge is 0.341 e. The van der Waals surface area contributed by atoms with Crippen LogP contribution in [0.5, 0.6) is 0 Å². The summed E-state index contributed by atoms with van der Waals surface area (Å²) in [4.78, 5) is 16.0. The predicted molar refractivity (Wildman–Crippen MR) is 74.4 cm³/mol. The maximum Gasteiger partial charge on any atom is 0.341 e. The number of anilines is 1. The van der Waals surface area contributed by atoms with Crippen LogP contribution in [0.4, 0.5) is 5.82 Å². The van der Waals surface area contributed by atoms with E-state index in [0.29, 0.717) is 25.2 Å². The van der Waals surface area contributed by atoms with Crippen molar-refractivity contribution in [1.82, 2.24) is 4.98 Å². The van der Waals surface area contributed by atoms with Crippen molar-refractivity contribution < 1.29 is 14.3 Å². The Bertz CT molecular complexity index is 489. The lowest BCUT2D eigenvalue weighted by Crippen LogP contribution is -2.33. The van der Waals surface area contributed by atoms with Crippen molar-refractivity contribution in [3.63, 3.8) is 0 Å². The number of nitrogens with two attached hydrogens (primary N) is 1. The molecule has 0 atom stereocenters. The second-order valence-corrected chi connectivity index (χ2v) is 4.97. The van der Waals surface area contributed by atoms with Gasteiger partial charge >= 0.3 is 5.97 Å². The highest BCUT2D eigenvalue weighted by molar-refractivity contribution is 5.94. The number of hydrogen-bond acceptors (Lipinski definition) is 5. The Morgan fingerprint density at radius 3 is 2.89 bits per heavy atom. The first-order valence-corrected chi connectivity index (χ1v) is 6.02. The van der Waals surface area contributed by atoms with Crippen molar-refractivity contribution in [3.8, 4) is 0 Å². The van der Waals surface area contributed by atoms with Gasteiger partial charge in [-0.25, -0.2) is 9.78 Å². The Kier molecular flexibility index (Phi) is 4.76.